The first-order valence-corrected chi connectivity index (χ1v) is 14.1. The predicted octanol–water partition coefficient (Wildman–Crippen LogP) is 3.45. The van der Waals surface area contributed by atoms with Crippen LogP contribution in [0, 0.1) is 0 Å². The molecule has 0 saturated heterocycles. The van der Waals surface area contributed by atoms with Crippen LogP contribution in [-0.4, -0.2) is 95.2 Å². The summed E-state index contributed by atoms with van der Waals surface area (Å²) < 4.78 is 14.4. The molecule has 2 aromatic carbocycles. The third kappa shape index (κ3) is 10.1. The van der Waals surface area contributed by atoms with E-state index in [4.69, 9.17) is 32.7 Å². The van der Waals surface area contributed by atoms with Crippen molar-refractivity contribution in [1.29, 1.82) is 0 Å². The van der Waals surface area contributed by atoms with Crippen molar-refractivity contribution in [3.8, 4) is 0 Å². The maximum Gasteiger partial charge on any atom is 0.234 e. The van der Waals surface area contributed by atoms with Gasteiger partial charge in [-0.3, -0.25) is 14.4 Å². The van der Waals surface area contributed by atoms with Crippen molar-refractivity contribution in [2.45, 2.75) is 17.4 Å². The van der Waals surface area contributed by atoms with E-state index in [0.29, 0.717) is 44.5 Å². The lowest BCUT2D eigenvalue weighted by molar-refractivity contribution is -0.122. The number of amides is 1. The summed E-state index contributed by atoms with van der Waals surface area (Å²) in [5.41, 5.74) is 3.61. The molecule has 0 aromatic heterocycles. The minimum atomic E-state index is -0.130. The maximum atomic E-state index is 11.7. The Morgan fingerprint density at radius 2 is 1.84 bits per heavy atom. The fourth-order valence-corrected chi connectivity index (χ4v) is 5.42. The summed E-state index contributed by atoms with van der Waals surface area (Å²) in [7, 11) is 3.83. The molecule has 11 heteroatoms. The Morgan fingerprint density at radius 3 is 2.55 bits per heavy atom. The van der Waals surface area contributed by atoms with Gasteiger partial charge >= 0.3 is 0 Å². The molecule has 2 N–H and O–H groups in total. The number of aldehydes is 1. The molecule has 0 radical (unpaired) electrons. The maximum absolute atomic E-state index is 11.7. The molecule has 8 nitrogen and oxygen atoms in total. The van der Waals surface area contributed by atoms with Crippen molar-refractivity contribution >= 4 is 47.3 Å². The molecular formula is C27H36Cl2N4O4S. The third-order valence-corrected chi connectivity index (χ3v) is 7.47. The molecule has 1 aliphatic rings. The van der Waals surface area contributed by atoms with E-state index in [1.165, 1.54) is 11.1 Å². The van der Waals surface area contributed by atoms with Crippen LogP contribution in [0.1, 0.15) is 22.6 Å². The second-order valence-electron chi connectivity index (χ2n) is 9.21. The molecule has 0 bridgehead atoms. The number of nitrogens with one attached hydrogen (secondary N) is 2. The highest BCUT2D eigenvalue weighted by Gasteiger charge is 2.27. The van der Waals surface area contributed by atoms with Gasteiger partial charge in [0.1, 0.15) is 6.29 Å². The van der Waals surface area contributed by atoms with Crippen LogP contribution in [0.15, 0.2) is 41.3 Å². The van der Waals surface area contributed by atoms with Crippen molar-refractivity contribution in [1.82, 2.24) is 19.8 Å². The zero-order valence-corrected chi connectivity index (χ0v) is 24.2. The van der Waals surface area contributed by atoms with Crippen molar-refractivity contribution in [2.75, 3.05) is 73.2 Å². The van der Waals surface area contributed by atoms with Gasteiger partial charge in [-0.2, -0.15) is 0 Å². The average molecular weight is 584 g/mol. The SMILES string of the molecule is CN(CC=O)CC(=O)NCCOCCOCCNSc1ccc(C2CN(C)Cc3c(Cl)cc(Cl)cc32)cc1. The van der Waals surface area contributed by atoms with Gasteiger partial charge in [0, 0.05) is 47.0 Å². The molecule has 1 atom stereocenters. The first kappa shape index (κ1) is 30.8. The van der Waals surface area contributed by atoms with Crippen LogP contribution in [0.3, 0.4) is 0 Å². The fourth-order valence-electron chi connectivity index (χ4n) is 4.22. The Hall–Kier alpha value is -1.69. The van der Waals surface area contributed by atoms with Crippen LogP contribution >= 0.6 is 35.1 Å². The molecule has 1 unspecified atom stereocenters. The molecule has 2 aromatic rings. The number of hydrogen-bond acceptors (Lipinski definition) is 8. The number of hydrogen-bond donors (Lipinski definition) is 2. The summed E-state index contributed by atoms with van der Waals surface area (Å²) in [6.07, 6.45) is 0.770. The van der Waals surface area contributed by atoms with Crippen LogP contribution < -0.4 is 10.0 Å². The Balaban J connectivity index is 1.28. The lowest BCUT2D eigenvalue weighted by atomic mass is 9.85. The van der Waals surface area contributed by atoms with Gasteiger partial charge in [0.25, 0.3) is 0 Å². The monoisotopic (exact) mass is 582 g/mol. The van der Waals surface area contributed by atoms with Gasteiger partial charge in [-0.1, -0.05) is 35.3 Å². The highest BCUT2D eigenvalue weighted by molar-refractivity contribution is 7.97. The van der Waals surface area contributed by atoms with E-state index in [9.17, 15) is 9.59 Å². The summed E-state index contributed by atoms with van der Waals surface area (Å²) in [6, 6.07) is 12.5. The summed E-state index contributed by atoms with van der Waals surface area (Å²) in [4.78, 5) is 27.1. The van der Waals surface area contributed by atoms with Gasteiger partial charge < -0.3 is 24.5 Å². The number of rotatable bonds is 16. The highest BCUT2D eigenvalue weighted by atomic mass is 35.5. The van der Waals surface area contributed by atoms with Crippen LogP contribution in [0.2, 0.25) is 10.0 Å². The van der Waals surface area contributed by atoms with Crippen LogP contribution in [0.4, 0.5) is 0 Å². The van der Waals surface area contributed by atoms with Crippen molar-refractivity contribution in [3.05, 3.63) is 63.1 Å². The average Bonchev–Trinajstić information content (AvgIpc) is 2.88. The van der Waals surface area contributed by atoms with Crippen LogP contribution in [0.5, 0.6) is 0 Å². The Bertz CT molecular complexity index is 1040. The van der Waals surface area contributed by atoms with Crippen molar-refractivity contribution in [3.63, 3.8) is 0 Å². The molecule has 3 rings (SSSR count). The zero-order chi connectivity index (χ0) is 27.3. The Morgan fingerprint density at radius 1 is 1.13 bits per heavy atom. The topological polar surface area (TPSA) is 83.1 Å². The number of halogens is 2. The molecule has 0 fully saturated rings. The summed E-state index contributed by atoms with van der Waals surface area (Å²) in [5, 5.41) is 4.16. The molecule has 208 valence electrons. The number of fused-ring (bicyclic) bond motifs is 1. The zero-order valence-electron chi connectivity index (χ0n) is 21.9. The van der Waals surface area contributed by atoms with E-state index >= 15 is 0 Å². The third-order valence-electron chi connectivity index (χ3n) is 6.05. The Labute approximate surface area is 239 Å². The summed E-state index contributed by atoms with van der Waals surface area (Å²) in [5.74, 6) is 0.100. The standard InChI is InChI=1S/C27H36Cl2N4O4S/c1-32(9-10-34)19-27(35)30-7-11-36-13-14-37-12-8-31-38-22-5-3-20(4-6-22)24-17-33(2)18-25-23(24)15-21(28)16-26(25)29/h3-6,10,15-16,24,31H,7-9,11-14,17-19H2,1-2H3,(H,30,35). The molecule has 1 aliphatic heterocycles. The number of carbonyl (C=O) groups is 2. The fraction of sp³-hybridized carbons (Fsp3) is 0.481. The second-order valence-corrected chi connectivity index (χ2v) is 11.0. The minimum Gasteiger partial charge on any atom is -0.378 e. The van der Waals surface area contributed by atoms with E-state index in [0.717, 1.165) is 34.9 Å². The van der Waals surface area contributed by atoms with Gasteiger partial charge in [-0.05, 0) is 67.0 Å². The number of ether oxygens (including phenoxy) is 2. The first-order chi connectivity index (χ1) is 18.4. The molecule has 0 spiro atoms. The van der Waals surface area contributed by atoms with Crippen molar-refractivity contribution in [2.24, 2.45) is 0 Å². The van der Waals surface area contributed by atoms with Crippen molar-refractivity contribution < 1.29 is 19.1 Å². The van der Waals surface area contributed by atoms with Crippen LogP contribution in [-0.2, 0) is 25.6 Å². The van der Waals surface area contributed by atoms with Gasteiger partial charge in [0.05, 0.1) is 39.5 Å². The second kappa shape index (κ2) is 16.4. The molecular weight excluding hydrogens is 547 g/mol. The molecule has 0 saturated carbocycles. The molecule has 1 amide bonds. The summed E-state index contributed by atoms with van der Waals surface area (Å²) >= 11 is 14.4. The minimum absolute atomic E-state index is 0.130. The van der Waals surface area contributed by atoms with E-state index in [1.54, 1.807) is 23.9 Å². The highest BCUT2D eigenvalue weighted by Crippen LogP contribution is 2.38. The van der Waals surface area contributed by atoms with E-state index in [1.807, 2.05) is 12.1 Å². The summed E-state index contributed by atoms with van der Waals surface area (Å²) in [6.45, 7) is 5.24. The van der Waals surface area contributed by atoms with Gasteiger partial charge in [0.2, 0.25) is 5.91 Å². The predicted molar refractivity (Wildman–Crippen MR) is 153 cm³/mol. The van der Waals surface area contributed by atoms with Gasteiger partial charge in [-0.25, -0.2) is 0 Å². The number of carbonyl (C=O) groups excluding carboxylic acids is 2. The first-order valence-electron chi connectivity index (χ1n) is 12.6. The van der Waals surface area contributed by atoms with E-state index in [2.05, 4.69) is 46.3 Å². The quantitative estimate of drug-likeness (QED) is 0.177. The number of benzene rings is 2. The molecule has 1 heterocycles. The van der Waals surface area contributed by atoms with E-state index < -0.39 is 0 Å². The number of likely N-dealkylation sites (N-methyl/N-ethyl adjacent to an activating group) is 2. The van der Waals surface area contributed by atoms with Gasteiger partial charge in [0.15, 0.2) is 0 Å². The smallest absolute Gasteiger partial charge is 0.234 e. The van der Waals surface area contributed by atoms with Gasteiger partial charge in [-0.15, -0.1) is 0 Å². The normalized spacial score (nSPS) is 15.4. The lowest BCUT2D eigenvalue weighted by Gasteiger charge is -2.33. The largest absolute Gasteiger partial charge is 0.378 e. The Kier molecular flexibility index (Phi) is 13.3. The van der Waals surface area contributed by atoms with Crippen LogP contribution in [0.25, 0.3) is 0 Å². The molecule has 38 heavy (non-hydrogen) atoms. The lowest BCUT2D eigenvalue weighted by Crippen LogP contribution is -2.37. The van der Waals surface area contributed by atoms with E-state index in [-0.39, 0.29) is 24.9 Å². The number of nitrogens with zero attached hydrogens (tertiary/aromatic N) is 2. The molecule has 0 aliphatic carbocycles.